The molecule has 0 radical (unpaired) electrons. The molecule has 1 aliphatic rings. The number of hydroxylamine groups is 2. The van der Waals surface area contributed by atoms with Crippen LogP contribution in [0.4, 0.5) is 4.79 Å². The number of nitrogens with zero attached hydrogens (tertiary/aromatic N) is 1. The van der Waals surface area contributed by atoms with E-state index in [4.69, 9.17) is 0 Å². The third-order valence-electron chi connectivity index (χ3n) is 2.71. The summed E-state index contributed by atoms with van der Waals surface area (Å²) in [7, 11) is 0. The Labute approximate surface area is 132 Å². The van der Waals surface area contributed by atoms with E-state index in [9.17, 15) is 24.0 Å². The Balaban J connectivity index is 2.11. The molecule has 0 bridgehead atoms. The molecule has 23 heavy (non-hydrogen) atoms. The van der Waals surface area contributed by atoms with E-state index in [1.54, 1.807) is 0 Å². The van der Waals surface area contributed by atoms with E-state index in [2.05, 4.69) is 27.4 Å². The Morgan fingerprint density at radius 1 is 1.04 bits per heavy atom. The SMILES string of the molecule is C=CC(=O)NCCNC(=O)NCCC(=O)ON1C(=O)CCC1=O. The molecule has 1 saturated heterocycles. The highest BCUT2D eigenvalue weighted by Crippen LogP contribution is 2.12. The van der Waals surface area contributed by atoms with E-state index in [0.29, 0.717) is 5.06 Å². The molecule has 10 heteroatoms. The lowest BCUT2D eigenvalue weighted by Gasteiger charge is -2.12. The van der Waals surface area contributed by atoms with Gasteiger partial charge in [-0.2, -0.15) is 0 Å². The Kier molecular flexibility index (Phi) is 7.24. The van der Waals surface area contributed by atoms with Crippen LogP contribution in [-0.4, -0.2) is 54.4 Å². The largest absolute Gasteiger partial charge is 0.351 e. The average molecular weight is 326 g/mol. The van der Waals surface area contributed by atoms with Crippen molar-refractivity contribution in [1.82, 2.24) is 21.0 Å². The summed E-state index contributed by atoms with van der Waals surface area (Å²) in [5.41, 5.74) is 0. The van der Waals surface area contributed by atoms with Gasteiger partial charge in [-0.3, -0.25) is 14.4 Å². The van der Waals surface area contributed by atoms with Crippen molar-refractivity contribution in [3.05, 3.63) is 12.7 Å². The fourth-order valence-electron chi connectivity index (χ4n) is 1.58. The van der Waals surface area contributed by atoms with Gasteiger partial charge >= 0.3 is 12.0 Å². The number of urea groups is 1. The van der Waals surface area contributed by atoms with Crippen LogP contribution in [0, 0.1) is 0 Å². The Hall–Kier alpha value is -2.91. The molecule has 0 unspecified atom stereocenters. The van der Waals surface area contributed by atoms with Gasteiger partial charge in [0.25, 0.3) is 11.8 Å². The minimum absolute atomic E-state index is 0.0230. The number of nitrogens with one attached hydrogen (secondary N) is 3. The first-order valence-corrected chi connectivity index (χ1v) is 6.92. The van der Waals surface area contributed by atoms with Gasteiger partial charge in [0.1, 0.15) is 0 Å². The fourth-order valence-corrected chi connectivity index (χ4v) is 1.58. The predicted octanol–water partition coefficient (Wildman–Crippen LogP) is -1.41. The molecule has 1 fully saturated rings. The molecule has 1 rings (SSSR count). The highest BCUT2D eigenvalue weighted by atomic mass is 16.7. The topological polar surface area (TPSA) is 134 Å². The van der Waals surface area contributed by atoms with Gasteiger partial charge in [-0.05, 0) is 6.08 Å². The summed E-state index contributed by atoms with van der Waals surface area (Å²) < 4.78 is 0. The number of hydrogen-bond acceptors (Lipinski definition) is 6. The molecule has 0 aromatic rings. The van der Waals surface area contributed by atoms with Crippen LogP contribution in [0.1, 0.15) is 19.3 Å². The highest BCUT2D eigenvalue weighted by molar-refractivity contribution is 6.01. The maximum atomic E-state index is 11.4. The van der Waals surface area contributed by atoms with Crippen molar-refractivity contribution in [1.29, 1.82) is 0 Å². The van der Waals surface area contributed by atoms with Crippen LogP contribution in [0.5, 0.6) is 0 Å². The number of carbonyl (C=O) groups excluding carboxylic acids is 5. The lowest BCUT2D eigenvalue weighted by Crippen LogP contribution is -2.41. The molecule has 0 aliphatic carbocycles. The molecule has 0 saturated carbocycles. The maximum Gasteiger partial charge on any atom is 0.334 e. The summed E-state index contributed by atoms with van der Waals surface area (Å²) in [5, 5.41) is 7.76. The Bertz CT molecular complexity index is 503. The molecule has 0 aromatic carbocycles. The molecule has 10 nitrogen and oxygen atoms in total. The minimum Gasteiger partial charge on any atom is -0.351 e. The molecule has 0 aromatic heterocycles. The molecular formula is C13H18N4O6. The lowest BCUT2D eigenvalue weighted by atomic mass is 10.4. The quantitative estimate of drug-likeness (QED) is 0.285. The zero-order chi connectivity index (χ0) is 17.2. The number of carbonyl (C=O) groups is 5. The van der Waals surface area contributed by atoms with Crippen LogP contribution in [0.2, 0.25) is 0 Å². The van der Waals surface area contributed by atoms with Crippen molar-refractivity contribution < 1.29 is 28.8 Å². The summed E-state index contributed by atoms with van der Waals surface area (Å²) in [6.07, 6.45) is 0.962. The van der Waals surface area contributed by atoms with Crippen molar-refractivity contribution in [2.24, 2.45) is 0 Å². The molecule has 126 valence electrons. The van der Waals surface area contributed by atoms with Gasteiger partial charge in [-0.1, -0.05) is 6.58 Å². The number of imide groups is 1. The molecule has 3 N–H and O–H groups in total. The summed E-state index contributed by atoms with van der Waals surface area (Å²) in [6, 6.07) is -0.529. The van der Waals surface area contributed by atoms with E-state index in [-0.39, 0.29) is 44.8 Å². The number of rotatable bonds is 8. The first-order chi connectivity index (χ1) is 10.9. The standard InChI is InChI=1S/C13H18N4O6/c1-2-9(18)14-7-8-16-13(22)15-6-5-12(21)23-17-10(19)3-4-11(17)20/h2H,1,3-8H2,(H,14,18)(H2,15,16,22). The van der Waals surface area contributed by atoms with Gasteiger partial charge in [0.05, 0.1) is 6.42 Å². The summed E-state index contributed by atoms with van der Waals surface area (Å²) in [4.78, 5) is 60.7. The first kappa shape index (κ1) is 18.1. The van der Waals surface area contributed by atoms with Crippen LogP contribution in [-0.2, 0) is 24.0 Å². The van der Waals surface area contributed by atoms with Crippen molar-refractivity contribution >= 4 is 29.7 Å². The minimum atomic E-state index is -0.799. The van der Waals surface area contributed by atoms with Gasteiger partial charge < -0.3 is 20.8 Å². The van der Waals surface area contributed by atoms with E-state index in [0.717, 1.165) is 6.08 Å². The van der Waals surface area contributed by atoms with Crippen molar-refractivity contribution in [2.45, 2.75) is 19.3 Å². The summed E-state index contributed by atoms with van der Waals surface area (Å²) in [5.74, 6) is -2.26. The number of hydrogen-bond donors (Lipinski definition) is 3. The summed E-state index contributed by atoms with van der Waals surface area (Å²) in [6.45, 7) is 3.69. The molecule has 0 atom stereocenters. The Morgan fingerprint density at radius 2 is 1.61 bits per heavy atom. The van der Waals surface area contributed by atoms with E-state index < -0.39 is 23.8 Å². The smallest absolute Gasteiger partial charge is 0.334 e. The van der Waals surface area contributed by atoms with Gasteiger partial charge in [0.2, 0.25) is 5.91 Å². The molecule has 5 amide bonds. The van der Waals surface area contributed by atoms with E-state index >= 15 is 0 Å². The van der Waals surface area contributed by atoms with Crippen molar-refractivity contribution in [3.8, 4) is 0 Å². The zero-order valence-electron chi connectivity index (χ0n) is 12.4. The van der Waals surface area contributed by atoms with Gasteiger partial charge in [-0.15, -0.1) is 5.06 Å². The zero-order valence-corrected chi connectivity index (χ0v) is 12.4. The van der Waals surface area contributed by atoms with Crippen molar-refractivity contribution in [3.63, 3.8) is 0 Å². The molecule has 0 spiro atoms. The van der Waals surface area contributed by atoms with Gasteiger partial charge in [0.15, 0.2) is 0 Å². The third kappa shape index (κ3) is 6.59. The van der Waals surface area contributed by atoms with Crippen LogP contribution in [0.3, 0.4) is 0 Å². The van der Waals surface area contributed by atoms with Crippen molar-refractivity contribution in [2.75, 3.05) is 19.6 Å². The van der Waals surface area contributed by atoms with Crippen LogP contribution in [0.15, 0.2) is 12.7 Å². The third-order valence-corrected chi connectivity index (χ3v) is 2.71. The number of amides is 5. The second kappa shape index (κ2) is 9.18. The monoisotopic (exact) mass is 326 g/mol. The average Bonchev–Trinajstić information content (AvgIpc) is 2.83. The van der Waals surface area contributed by atoms with Crippen LogP contribution >= 0.6 is 0 Å². The van der Waals surface area contributed by atoms with Gasteiger partial charge in [-0.25, -0.2) is 9.59 Å². The second-order valence-corrected chi connectivity index (χ2v) is 4.47. The highest BCUT2D eigenvalue weighted by Gasteiger charge is 2.32. The second-order valence-electron chi connectivity index (χ2n) is 4.47. The first-order valence-electron chi connectivity index (χ1n) is 6.92. The fraction of sp³-hybridized carbons (Fsp3) is 0.462. The van der Waals surface area contributed by atoms with E-state index in [1.807, 2.05) is 0 Å². The molecular weight excluding hydrogens is 308 g/mol. The molecule has 1 aliphatic heterocycles. The normalized spacial score (nSPS) is 13.5. The predicted molar refractivity (Wildman–Crippen MR) is 76.4 cm³/mol. The molecule has 1 heterocycles. The van der Waals surface area contributed by atoms with Crippen LogP contribution < -0.4 is 16.0 Å². The summed E-state index contributed by atoms with van der Waals surface area (Å²) >= 11 is 0. The lowest BCUT2D eigenvalue weighted by molar-refractivity contribution is -0.197. The Morgan fingerprint density at radius 3 is 2.22 bits per heavy atom. The van der Waals surface area contributed by atoms with Crippen LogP contribution in [0.25, 0.3) is 0 Å². The van der Waals surface area contributed by atoms with Gasteiger partial charge in [0, 0.05) is 32.5 Å². The van der Waals surface area contributed by atoms with E-state index in [1.165, 1.54) is 0 Å². The maximum absolute atomic E-state index is 11.4.